The highest BCUT2D eigenvalue weighted by molar-refractivity contribution is 5.88. The number of carbonyl (C=O) groups excluding carboxylic acids is 1. The average Bonchev–Trinajstić information content (AvgIpc) is 2.65. The highest BCUT2D eigenvalue weighted by atomic mass is 16.5. The van der Waals surface area contributed by atoms with Crippen LogP contribution in [0, 0.1) is 39.9 Å². The molecule has 0 N–H and O–H groups in total. The van der Waals surface area contributed by atoms with Crippen LogP contribution in [0.15, 0.2) is 23.8 Å². The molecular weight excluding hydrogens is 372 g/mol. The number of esters is 1. The molecule has 30 heavy (non-hydrogen) atoms. The predicted molar refractivity (Wildman–Crippen MR) is 122 cm³/mol. The predicted octanol–water partition coefficient (Wildman–Crippen LogP) is 6.09. The zero-order valence-electron chi connectivity index (χ0n) is 19.9. The molecule has 0 unspecified atom stereocenters. The van der Waals surface area contributed by atoms with E-state index in [-0.39, 0.29) is 18.1 Å². The van der Waals surface area contributed by atoms with Gasteiger partial charge in [0.15, 0.2) is 0 Å². The largest absolute Gasteiger partial charge is 0.456 e. The molecule has 2 saturated carbocycles. The fourth-order valence-corrected chi connectivity index (χ4v) is 7.52. The maximum atomic E-state index is 11.5. The van der Waals surface area contributed by atoms with Crippen LogP contribution in [0.25, 0.3) is 0 Å². The second-order valence-corrected chi connectivity index (χ2v) is 10.8. The van der Waals surface area contributed by atoms with Crippen LogP contribution in [0.4, 0.5) is 0 Å². The molecule has 0 amide bonds. The minimum absolute atomic E-state index is 0.0354. The summed E-state index contributed by atoms with van der Waals surface area (Å²) in [5.41, 5.74) is 3.56. The summed E-state index contributed by atoms with van der Waals surface area (Å²) < 4.78 is 11.1. The molecule has 3 aliphatic rings. The van der Waals surface area contributed by atoms with E-state index in [1.54, 1.807) is 6.92 Å². The van der Waals surface area contributed by atoms with Crippen LogP contribution >= 0.6 is 0 Å². The van der Waals surface area contributed by atoms with E-state index in [0.29, 0.717) is 23.4 Å². The molecule has 0 spiro atoms. The van der Waals surface area contributed by atoms with Crippen molar-refractivity contribution < 1.29 is 14.3 Å². The van der Waals surface area contributed by atoms with Gasteiger partial charge in [-0.15, -0.1) is 0 Å². The van der Waals surface area contributed by atoms with E-state index < -0.39 is 5.97 Å². The number of allylic oxidation sites excluding steroid dienone is 2. The second-order valence-electron chi connectivity index (χ2n) is 10.8. The molecular formula is C27H40O3. The minimum atomic E-state index is -0.483. The van der Waals surface area contributed by atoms with Crippen LogP contribution in [-0.2, 0) is 14.3 Å². The third-order valence-corrected chi connectivity index (χ3v) is 8.79. The van der Waals surface area contributed by atoms with Gasteiger partial charge in [-0.05, 0) is 85.2 Å². The van der Waals surface area contributed by atoms with Crippen molar-refractivity contribution in [1.82, 2.24) is 0 Å². The van der Waals surface area contributed by atoms with Crippen LogP contribution in [-0.4, -0.2) is 25.3 Å². The van der Waals surface area contributed by atoms with Crippen molar-refractivity contribution in [2.45, 2.75) is 86.2 Å². The number of rotatable bonds is 4. The molecule has 0 radical (unpaired) electrons. The standard InChI is InChI=1S/C27H40O3/c1-8-20-19(3)21(30-17-10-12-24(28)29-9-2)18-23-26(20,6)16-13-22-25(4,5)14-11-15-27(22,23)7/h8,21-23H,1,9,11,13-18H2,2-7H3/t21-,22-,23-,26-,27-/m0/s1. The van der Waals surface area contributed by atoms with Crippen molar-refractivity contribution in [3.63, 3.8) is 0 Å². The highest BCUT2D eigenvalue weighted by Gasteiger charge is 2.60. The molecule has 0 aromatic rings. The molecule has 3 rings (SSSR count). The molecule has 0 heterocycles. The summed E-state index contributed by atoms with van der Waals surface area (Å²) in [6.07, 6.45) is 9.64. The Morgan fingerprint density at radius 1 is 1.20 bits per heavy atom. The Morgan fingerprint density at radius 3 is 2.60 bits per heavy atom. The fraction of sp³-hybridized carbons (Fsp3) is 0.741. The van der Waals surface area contributed by atoms with Crippen LogP contribution in [0.1, 0.15) is 80.1 Å². The lowest BCUT2D eigenvalue weighted by Crippen LogP contribution is -2.57. The summed E-state index contributed by atoms with van der Waals surface area (Å²) in [6, 6.07) is 0. The summed E-state index contributed by atoms with van der Waals surface area (Å²) in [4.78, 5) is 11.5. The van der Waals surface area contributed by atoms with E-state index in [0.717, 1.165) is 12.3 Å². The number of carbonyl (C=O) groups is 1. The van der Waals surface area contributed by atoms with Crippen molar-refractivity contribution in [3.05, 3.63) is 23.8 Å². The van der Waals surface area contributed by atoms with E-state index in [9.17, 15) is 4.79 Å². The normalized spacial score (nSPS) is 37.3. The lowest BCUT2D eigenvalue weighted by molar-refractivity contribution is -0.136. The van der Waals surface area contributed by atoms with Gasteiger partial charge in [0.25, 0.3) is 0 Å². The average molecular weight is 413 g/mol. The highest BCUT2D eigenvalue weighted by Crippen LogP contribution is 2.68. The smallest absolute Gasteiger partial charge is 0.384 e. The monoisotopic (exact) mass is 412 g/mol. The molecule has 0 aliphatic heterocycles. The van der Waals surface area contributed by atoms with Crippen molar-refractivity contribution in [2.75, 3.05) is 13.2 Å². The molecule has 3 heteroatoms. The van der Waals surface area contributed by atoms with E-state index >= 15 is 0 Å². The number of fused-ring (bicyclic) bond motifs is 3. The van der Waals surface area contributed by atoms with Crippen molar-refractivity contribution in [1.29, 1.82) is 0 Å². The molecule has 166 valence electrons. The van der Waals surface area contributed by atoms with Gasteiger partial charge in [0.05, 0.1) is 12.7 Å². The van der Waals surface area contributed by atoms with E-state index in [1.165, 1.54) is 43.3 Å². The summed E-state index contributed by atoms with van der Waals surface area (Å²) >= 11 is 0. The van der Waals surface area contributed by atoms with Gasteiger partial charge >= 0.3 is 5.97 Å². The summed E-state index contributed by atoms with van der Waals surface area (Å²) in [7, 11) is 0. The maximum absolute atomic E-state index is 11.5. The van der Waals surface area contributed by atoms with Gasteiger partial charge in [0.1, 0.15) is 6.61 Å². The van der Waals surface area contributed by atoms with Crippen LogP contribution in [0.5, 0.6) is 0 Å². The zero-order valence-corrected chi connectivity index (χ0v) is 19.9. The Kier molecular flexibility index (Phi) is 6.59. The Balaban J connectivity index is 1.88. The quantitative estimate of drug-likeness (QED) is 0.318. The molecule has 0 bridgehead atoms. The first-order valence-electron chi connectivity index (χ1n) is 11.7. The van der Waals surface area contributed by atoms with E-state index in [2.05, 4.69) is 59.1 Å². The van der Waals surface area contributed by atoms with Crippen LogP contribution < -0.4 is 0 Å². The summed E-state index contributed by atoms with van der Waals surface area (Å²) in [5, 5.41) is 0. The number of ether oxygens (including phenoxy) is 2. The molecule has 0 aromatic heterocycles. The molecule has 2 fully saturated rings. The van der Waals surface area contributed by atoms with Crippen LogP contribution in [0.2, 0.25) is 0 Å². The Labute approximate surface area is 183 Å². The van der Waals surface area contributed by atoms with Crippen molar-refractivity contribution in [2.24, 2.45) is 28.1 Å². The third-order valence-electron chi connectivity index (χ3n) is 8.79. The molecule has 3 nitrogen and oxygen atoms in total. The topological polar surface area (TPSA) is 35.5 Å². The molecule has 5 atom stereocenters. The van der Waals surface area contributed by atoms with E-state index in [4.69, 9.17) is 9.47 Å². The zero-order chi connectivity index (χ0) is 22.2. The lowest BCUT2D eigenvalue weighted by atomic mass is 9.40. The van der Waals surface area contributed by atoms with Gasteiger partial charge in [0, 0.05) is 5.92 Å². The Bertz CT molecular complexity index is 780. The molecule has 0 aromatic carbocycles. The van der Waals surface area contributed by atoms with Gasteiger partial charge in [0.2, 0.25) is 0 Å². The first-order chi connectivity index (χ1) is 14.1. The van der Waals surface area contributed by atoms with Crippen molar-refractivity contribution >= 4 is 5.97 Å². The molecule has 3 aliphatic carbocycles. The van der Waals surface area contributed by atoms with Crippen molar-refractivity contribution in [3.8, 4) is 11.8 Å². The lowest BCUT2D eigenvalue weighted by Gasteiger charge is -2.65. The molecule has 0 saturated heterocycles. The summed E-state index contributed by atoms with van der Waals surface area (Å²) in [5.74, 6) is 6.20. The number of hydrogen-bond donors (Lipinski definition) is 0. The SMILES string of the molecule is C=CC1=C(C)[C@@H](OCC#CC(=O)OCC)C[C@@H]2[C@@]3(C)CCCC(C)(C)[C@@H]3CC[C@@]12C. The van der Waals surface area contributed by atoms with Gasteiger partial charge in [-0.25, -0.2) is 4.79 Å². The van der Waals surface area contributed by atoms with Gasteiger partial charge in [-0.2, -0.15) is 0 Å². The first-order valence-corrected chi connectivity index (χ1v) is 11.7. The Hall–Kier alpha value is -1.53. The third kappa shape index (κ3) is 3.89. The van der Waals surface area contributed by atoms with Crippen LogP contribution in [0.3, 0.4) is 0 Å². The van der Waals surface area contributed by atoms with Gasteiger partial charge < -0.3 is 9.47 Å². The van der Waals surface area contributed by atoms with Gasteiger partial charge in [-0.1, -0.05) is 52.7 Å². The van der Waals surface area contributed by atoms with Gasteiger partial charge in [-0.3, -0.25) is 0 Å². The van der Waals surface area contributed by atoms with E-state index in [1.807, 2.05) is 0 Å². The fourth-order valence-electron chi connectivity index (χ4n) is 7.52. The Morgan fingerprint density at radius 2 is 1.93 bits per heavy atom. The minimum Gasteiger partial charge on any atom is -0.456 e. The second kappa shape index (κ2) is 8.54. The first kappa shape index (κ1) is 23.1. The number of hydrogen-bond acceptors (Lipinski definition) is 3. The summed E-state index contributed by atoms with van der Waals surface area (Å²) in [6.45, 7) is 18.8. The maximum Gasteiger partial charge on any atom is 0.384 e.